The van der Waals surface area contributed by atoms with Crippen molar-refractivity contribution in [2.45, 2.75) is 64.6 Å². The Morgan fingerprint density at radius 3 is 2.84 bits per heavy atom. The molecule has 0 spiro atoms. The minimum atomic E-state index is -0.929. The molecule has 0 radical (unpaired) electrons. The fraction of sp³-hybridized carbons (Fsp3) is 0.591. The molecule has 0 aromatic heterocycles. The summed E-state index contributed by atoms with van der Waals surface area (Å²) in [5, 5.41) is 8.09. The molecule has 1 aliphatic carbocycles. The van der Waals surface area contributed by atoms with Gasteiger partial charge in [0.25, 0.3) is 0 Å². The van der Waals surface area contributed by atoms with Crippen molar-refractivity contribution in [2.75, 3.05) is 12.3 Å². The summed E-state index contributed by atoms with van der Waals surface area (Å²) in [5.41, 5.74) is 5.32. The summed E-state index contributed by atoms with van der Waals surface area (Å²) in [4.78, 5) is 29.3. The van der Waals surface area contributed by atoms with E-state index in [1.165, 1.54) is 17.3 Å². The predicted molar refractivity (Wildman–Crippen MR) is 120 cm³/mol. The van der Waals surface area contributed by atoms with Crippen LogP contribution in [-0.2, 0) is 16.1 Å². The fourth-order valence-electron chi connectivity index (χ4n) is 4.58. The lowest BCUT2D eigenvalue weighted by atomic mass is 9.80. The first-order valence-electron chi connectivity index (χ1n) is 11.0. The summed E-state index contributed by atoms with van der Waals surface area (Å²) < 4.78 is 14.1. The molecular weight excluding hydrogens is 417 g/mol. The minimum Gasteiger partial charge on any atom is -0.351 e. The number of nitrogens with zero attached hydrogens (tertiary/aromatic N) is 3. The van der Waals surface area contributed by atoms with E-state index in [-0.39, 0.29) is 42.2 Å². The average Bonchev–Trinajstić information content (AvgIpc) is 3.18. The Morgan fingerprint density at radius 2 is 2.10 bits per heavy atom. The quantitative estimate of drug-likeness (QED) is 0.701. The first-order valence-corrected chi connectivity index (χ1v) is 12.0. The van der Waals surface area contributed by atoms with Crippen LogP contribution in [0.1, 0.15) is 43.7 Å². The summed E-state index contributed by atoms with van der Waals surface area (Å²) in [5.74, 6) is -0.174. The molecule has 4 unspecified atom stereocenters. The predicted octanol–water partition coefficient (Wildman–Crippen LogP) is 2.56. The molecule has 2 fully saturated rings. The van der Waals surface area contributed by atoms with Gasteiger partial charge < -0.3 is 15.1 Å². The third kappa shape index (κ3) is 4.66. The van der Waals surface area contributed by atoms with Gasteiger partial charge in [-0.05, 0) is 38.2 Å². The van der Waals surface area contributed by atoms with E-state index in [0.717, 1.165) is 12.0 Å². The highest BCUT2D eigenvalue weighted by atomic mass is 32.2. The second-order valence-electron chi connectivity index (χ2n) is 8.47. The number of rotatable bonds is 6. The molecule has 1 aromatic rings. The number of thioether (sulfide) groups is 1. The maximum atomic E-state index is 14.1. The van der Waals surface area contributed by atoms with E-state index in [2.05, 4.69) is 20.7 Å². The van der Waals surface area contributed by atoms with E-state index in [1.54, 1.807) is 4.90 Å². The number of halogens is 1. The molecule has 4 atom stereocenters. The van der Waals surface area contributed by atoms with Crippen molar-refractivity contribution in [3.63, 3.8) is 0 Å². The maximum Gasteiger partial charge on any atom is 0.230 e. The number of amidine groups is 1. The highest BCUT2D eigenvalue weighted by molar-refractivity contribution is 8.14. The van der Waals surface area contributed by atoms with Crippen LogP contribution in [0.4, 0.5) is 4.39 Å². The van der Waals surface area contributed by atoms with E-state index in [4.69, 9.17) is 0 Å². The van der Waals surface area contributed by atoms with Gasteiger partial charge >= 0.3 is 0 Å². The number of hydrazone groups is 1. The second kappa shape index (κ2) is 9.46. The monoisotopic (exact) mass is 447 g/mol. The third-order valence-corrected chi connectivity index (χ3v) is 7.14. The summed E-state index contributed by atoms with van der Waals surface area (Å²) in [6.07, 6.45) is 0.888. The lowest BCUT2D eigenvalue weighted by Crippen LogP contribution is -2.67. The van der Waals surface area contributed by atoms with Gasteiger partial charge in [0, 0.05) is 19.1 Å². The van der Waals surface area contributed by atoms with Crippen LogP contribution in [0.3, 0.4) is 0 Å². The van der Waals surface area contributed by atoms with E-state index >= 15 is 0 Å². The third-order valence-electron chi connectivity index (χ3n) is 6.17. The summed E-state index contributed by atoms with van der Waals surface area (Å²) in [7, 11) is 0. The number of benzene rings is 1. The number of fused-ring (bicyclic) bond motifs is 3. The van der Waals surface area contributed by atoms with Gasteiger partial charge in [-0.1, -0.05) is 48.5 Å². The number of carbonyl (C=O) groups is 2. The largest absolute Gasteiger partial charge is 0.351 e. The standard InChI is InChI=1S/C22H30FN5O2S/c1-3-10-27-20(30)17-11-16(23)8-9-18(17)28-21(27)25-26-22(28)31-13-19(29)24-12-15-6-4-14(2)5-7-15/h4-7,16-18,21,25H,3,8-13H2,1-2H3,(H,24,29). The van der Waals surface area contributed by atoms with Crippen LogP contribution in [0.25, 0.3) is 0 Å². The van der Waals surface area contributed by atoms with Crippen LogP contribution in [-0.4, -0.2) is 57.6 Å². The van der Waals surface area contributed by atoms with Crippen molar-refractivity contribution in [1.82, 2.24) is 20.5 Å². The SMILES string of the molecule is CCCN1C(=O)C2CC(F)CCC2N2C(SCC(=O)NCc3ccc(C)cc3)=NNC12. The molecule has 2 N–H and O–H groups in total. The average molecular weight is 448 g/mol. The first kappa shape index (κ1) is 21.9. The van der Waals surface area contributed by atoms with Gasteiger partial charge in [-0.15, -0.1) is 0 Å². The van der Waals surface area contributed by atoms with E-state index < -0.39 is 6.17 Å². The van der Waals surface area contributed by atoms with Crippen LogP contribution in [0.15, 0.2) is 29.4 Å². The molecule has 4 rings (SSSR count). The van der Waals surface area contributed by atoms with Gasteiger partial charge in [-0.3, -0.25) is 15.0 Å². The molecule has 2 heterocycles. The number of hydrogen-bond donors (Lipinski definition) is 2. The van der Waals surface area contributed by atoms with E-state index in [0.29, 0.717) is 31.1 Å². The Labute approximate surface area is 186 Å². The number of nitrogens with one attached hydrogen (secondary N) is 2. The zero-order chi connectivity index (χ0) is 22.0. The van der Waals surface area contributed by atoms with Gasteiger partial charge in [0.2, 0.25) is 11.8 Å². The Balaban J connectivity index is 1.38. The lowest BCUT2D eigenvalue weighted by molar-refractivity contribution is -0.156. The van der Waals surface area contributed by atoms with Crippen molar-refractivity contribution in [1.29, 1.82) is 0 Å². The molecule has 168 valence electrons. The molecule has 1 saturated heterocycles. The smallest absolute Gasteiger partial charge is 0.230 e. The van der Waals surface area contributed by atoms with Crippen LogP contribution in [0, 0.1) is 12.8 Å². The maximum absolute atomic E-state index is 14.1. The molecule has 2 aliphatic heterocycles. The molecule has 9 heteroatoms. The highest BCUT2D eigenvalue weighted by Gasteiger charge is 2.52. The van der Waals surface area contributed by atoms with E-state index in [1.807, 2.05) is 38.1 Å². The number of aryl methyl sites for hydroxylation is 1. The van der Waals surface area contributed by atoms with Crippen molar-refractivity contribution < 1.29 is 14.0 Å². The second-order valence-corrected chi connectivity index (χ2v) is 9.41. The van der Waals surface area contributed by atoms with Crippen LogP contribution < -0.4 is 10.7 Å². The molecule has 7 nitrogen and oxygen atoms in total. The van der Waals surface area contributed by atoms with Crippen molar-refractivity contribution in [2.24, 2.45) is 11.0 Å². The molecule has 1 aromatic carbocycles. The van der Waals surface area contributed by atoms with Gasteiger partial charge in [-0.25, -0.2) is 4.39 Å². The normalized spacial score (nSPS) is 27.3. The van der Waals surface area contributed by atoms with Gasteiger partial charge in [0.1, 0.15) is 6.17 Å². The fourth-order valence-corrected chi connectivity index (χ4v) is 5.45. The van der Waals surface area contributed by atoms with Gasteiger partial charge in [0.05, 0.1) is 11.7 Å². The summed E-state index contributed by atoms with van der Waals surface area (Å²) >= 11 is 1.36. The lowest BCUT2D eigenvalue weighted by Gasteiger charge is -2.50. The number of amides is 2. The van der Waals surface area contributed by atoms with Crippen molar-refractivity contribution >= 4 is 28.7 Å². The Hall–Kier alpha value is -2.29. The number of hydrogen-bond acceptors (Lipinski definition) is 6. The number of alkyl halides is 1. The zero-order valence-corrected chi connectivity index (χ0v) is 18.8. The summed E-state index contributed by atoms with van der Waals surface area (Å²) in [6, 6.07) is 7.99. The first-order chi connectivity index (χ1) is 15.0. The molecule has 2 amide bonds. The molecule has 1 saturated carbocycles. The Kier molecular flexibility index (Phi) is 6.69. The van der Waals surface area contributed by atoms with Crippen molar-refractivity contribution in [3.8, 4) is 0 Å². The molecule has 31 heavy (non-hydrogen) atoms. The molecule has 0 bridgehead atoms. The topological polar surface area (TPSA) is 77.0 Å². The van der Waals surface area contributed by atoms with Crippen LogP contribution >= 0.6 is 11.8 Å². The molecular formula is C22H30FN5O2S. The molecule has 3 aliphatic rings. The highest BCUT2D eigenvalue weighted by Crippen LogP contribution is 2.39. The van der Waals surface area contributed by atoms with Crippen LogP contribution in [0.2, 0.25) is 0 Å². The Morgan fingerprint density at radius 1 is 1.32 bits per heavy atom. The van der Waals surface area contributed by atoms with Gasteiger partial charge in [0.15, 0.2) is 11.5 Å². The minimum absolute atomic E-state index is 0.0141. The van der Waals surface area contributed by atoms with Gasteiger partial charge in [-0.2, -0.15) is 5.10 Å². The Bertz CT molecular complexity index is 849. The van der Waals surface area contributed by atoms with E-state index in [9.17, 15) is 14.0 Å². The summed E-state index contributed by atoms with van der Waals surface area (Å²) in [6.45, 7) is 5.13. The van der Waals surface area contributed by atoms with Crippen LogP contribution in [0.5, 0.6) is 0 Å². The zero-order valence-electron chi connectivity index (χ0n) is 18.0. The van der Waals surface area contributed by atoms with Crippen molar-refractivity contribution in [3.05, 3.63) is 35.4 Å². The number of carbonyl (C=O) groups excluding carboxylic acids is 2.